The molecule has 0 heterocycles. The van der Waals surface area contributed by atoms with Gasteiger partial charge in [-0.15, -0.1) is 0 Å². The maximum atomic E-state index is 12.6. The van der Waals surface area contributed by atoms with Gasteiger partial charge in [0.05, 0.1) is 15.9 Å². The van der Waals surface area contributed by atoms with Crippen LogP contribution in [-0.4, -0.2) is 16.2 Å². The average Bonchev–Trinajstić information content (AvgIpc) is 2.56. The van der Waals surface area contributed by atoms with Crippen molar-refractivity contribution in [2.75, 3.05) is 6.26 Å². The molecule has 0 saturated heterocycles. The zero-order chi connectivity index (χ0) is 17.7. The summed E-state index contributed by atoms with van der Waals surface area (Å²) in [6, 6.07) is 14.3. The van der Waals surface area contributed by atoms with Crippen molar-refractivity contribution in [1.82, 2.24) is 0 Å². The van der Waals surface area contributed by atoms with Crippen molar-refractivity contribution >= 4 is 38.7 Å². The van der Waals surface area contributed by atoms with Crippen LogP contribution in [0.25, 0.3) is 0 Å². The molecule has 0 N–H and O–H groups in total. The van der Waals surface area contributed by atoms with Crippen LogP contribution in [0.2, 0.25) is 10.0 Å². The van der Waals surface area contributed by atoms with Crippen molar-refractivity contribution in [3.8, 4) is 6.07 Å². The average molecular weight is 379 g/mol. The molecular weight excluding hydrogens is 367 g/mol. The minimum Gasteiger partial charge on any atom is -0.288 e. The summed E-state index contributed by atoms with van der Waals surface area (Å²) in [6.07, 6.45) is 2.47. The summed E-state index contributed by atoms with van der Waals surface area (Å²) in [5.74, 6) is -0.510. The monoisotopic (exact) mass is 378 g/mol. The Balaban J connectivity index is 2.38. The van der Waals surface area contributed by atoms with Crippen molar-refractivity contribution in [2.45, 2.75) is 4.90 Å². The van der Waals surface area contributed by atoms with Crippen LogP contribution in [0.3, 0.4) is 0 Å². The molecule has 0 bridgehead atoms. The summed E-state index contributed by atoms with van der Waals surface area (Å²) in [6.45, 7) is 0. The molecule has 2 aromatic carbocycles. The lowest BCUT2D eigenvalue weighted by Crippen LogP contribution is -2.02. The molecule has 2 rings (SSSR count). The third kappa shape index (κ3) is 4.45. The highest BCUT2D eigenvalue weighted by Gasteiger charge is 2.12. The van der Waals surface area contributed by atoms with E-state index in [0.29, 0.717) is 20.5 Å². The van der Waals surface area contributed by atoms with Crippen molar-refractivity contribution in [1.29, 1.82) is 5.26 Å². The fraction of sp³-hybridized carbons (Fsp3) is 0.0588. The number of benzene rings is 2. The molecule has 0 aliphatic carbocycles. The van der Waals surface area contributed by atoms with Crippen LogP contribution >= 0.6 is 23.2 Å². The summed E-state index contributed by atoms with van der Waals surface area (Å²) < 4.78 is 16.6. The van der Waals surface area contributed by atoms with E-state index in [-0.39, 0.29) is 5.57 Å². The maximum Gasteiger partial charge on any atom is 0.205 e. The number of Topliss-reactive ketones (excluding diaryl/α,β-unsaturated/α-hetero) is 1. The quantitative estimate of drug-likeness (QED) is 0.438. The Labute approximate surface area is 150 Å². The lowest BCUT2D eigenvalue weighted by molar-refractivity contribution is 0.103. The smallest absolute Gasteiger partial charge is 0.205 e. The second kappa shape index (κ2) is 7.63. The molecule has 122 valence electrons. The molecule has 0 aromatic heterocycles. The number of nitrogens with zero attached hydrogens (tertiary/aromatic N) is 2. The standard InChI is InChI=1S/C17H12Cl2N2O2S/c1-24(23,16-8-6-15(19)7-9-16)21-11-13(10-20)17(22)12-2-4-14(18)5-3-12/h2-9,11H,1H3/b13-11+/t24-/m1/s1. The molecule has 0 amide bonds. The summed E-state index contributed by atoms with van der Waals surface area (Å²) in [5, 5.41) is 10.2. The van der Waals surface area contributed by atoms with Gasteiger partial charge in [-0.05, 0) is 48.5 Å². The minimum atomic E-state index is -2.79. The van der Waals surface area contributed by atoms with Gasteiger partial charge in [-0.25, -0.2) is 8.57 Å². The Hall–Kier alpha value is -2.13. The van der Waals surface area contributed by atoms with E-state index in [1.54, 1.807) is 42.5 Å². The molecule has 1 atom stereocenters. The van der Waals surface area contributed by atoms with Gasteiger partial charge >= 0.3 is 0 Å². The van der Waals surface area contributed by atoms with Crippen molar-refractivity contribution in [3.63, 3.8) is 0 Å². The number of allylic oxidation sites excluding steroid dienone is 1. The van der Waals surface area contributed by atoms with Gasteiger partial charge in [0.1, 0.15) is 11.6 Å². The predicted octanol–water partition coefficient (Wildman–Crippen LogP) is 4.74. The number of hydrogen-bond acceptors (Lipinski definition) is 4. The molecule has 0 radical (unpaired) electrons. The number of nitriles is 1. The van der Waals surface area contributed by atoms with E-state index >= 15 is 0 Å². The van der Waals surface area contributed by atoms with Crippen LogP contribution in [0, 0.1) is 11.3 Å². The predicted molar refractivity (Wildman–Crippen MR) is 95.7 cm³/mol. The van der Waals surface area contributed by atoms with E-state index in [1.165, 1.54) is 18.4 Å². The highest BCUT2D eigenvalue weighted by molar-refractivity contribution is 7.93. The van der Waals surface area contributed by atoms with Crippen LogP contribution in [0.4, 0.5) is 0 Å². The molecule has 0 saturated carbocycles. The summed E-state index contributed by atoms with van der Waals surface area (Å²) in [7, 11) is -2.79. The normalized spacial score (nSPS) is 13.7. The molecule has 0 aliphatic heterocycles. The fourth-order valence-electron chi connectivity index (χ4n) is 1.80. The fourth-order valence-corrected chi connectivity index (χ4v) is 3.12. The number of carbonyl (C=O) groups is 1. The highest BCUT2D eigenvalue weighted by atomic mass is 35.5. The zero-order valence-electron chi connectivity index (χ0n) is 12.6. The molecule has 0 aliphatic rings. The summed E-state index contributed by atoms with van der Waals surface area (Å²) in [4.78, 5) is 12.7. The van der Waals surface area contributed by atoms with Gasteiger partial charge in [0.2, 0.25) is 5.78 Å². The lowest BCUT2D eigenvalue weighted by atomic mass is 10.1. The van der Waals surface area contributed by atoms with E-state index < -0.39 is 15.5 Å². The summed E-state index contributed by atoms with van der Waals surface area (Å²) >= 11 is 11.6. The molecule has 4 nitrogen and oxygen atoms in total. The number of hydrogen-bond donors (Lipinski definition) is 0. The van der Waals surface area contributed by atoms with Gasteiger partial charge < -0.3 is 0 Å². The Morgan fingerprint density at radius 1 is 1.08 bits per heavy atom. The SMILES string of the molecule is C[S@](=O)(=N/C=C(\C#N)C(=O)c1ccc(Cl)cc1)c1ccc(Cl)cc1. The Morgan fingerprint density at radius 2 is 1.58 bits per heavy atom. The van der Waals surface area contributed by atoms with Gasteiger partial charge in [-0.2, -0.15) is 5.26 Å². The van der Waals surface area contributed by atoms with E-state index in [9.17, 15) is 14.3 Å². The van der Waals surface area contributed by atoms with Crippen LogP contribution in [-0.2, 0) is 9.73 Å². The highest BCUT2D eigenvalue weighted by Crippen LogP contribution is 2.17. The van der Waals surface area contributed by atoms with Crippen LogP contribution in [0.1, 0.15) is 10.4 Å². The largest absolute Gasteiger partial charge is 0.288 e. The number of halogens is 2. The van der Waals surface area contributed by atoms with E-state index in [4.69, 9.17) is 23.2 Å². The first-order valence-electron chi connectivity index (χ1n) is 6.71. The Bertz CT molecular complexity index is 950. The second-order valence-corrected chi connectivity index (χ2v) is 8.01. The van der Waals surface area contributed by atoms with Crippen LogP contribution in [0.15, 0.2) is 69.6 Å². The third-order valence-electron chi connectivity index (χ3n) is 3.11. The van der Waals surface area contributed by atoms with Crippen molar-refractivity contribution in [2.24, 2.45) is 4.36 Å². The number of ketones is 1. The molecule has 0 spiro atoms. The van der Waals surface area contributed by atoms with Crippen LogP contribution < -0.4 is 0 Å². The number of rotatable bonds is 4. The Kier molecular flexibility index (Phi) is 5.79. The molecule has 2 aromatic rings. The lowest BCUT2D eigenvalue weighted by Gasteiger charge is -2.03. The van der Waals surface area contributed by atoms with Gasteiger partial charge in [0.25, 0.3) is 0 Å². The first-order valence-corrected chi connectivity index (χ1v) is 9.39. The second-order valence-electron chi connectivity index (χ2n) is 4.85. The Morgan fingerprint density at radius 3 is 2.08 bits per heavy atom. The van der Waals surface area contributed by atoms with E-state index in [2.05, 4.69) is 4.36 Å². The van der Waals surface area contributed by atoms with Gasteiger partial charge in [-0.3, -0.25) is 4.79 Å². The van der Waals surface area contributed by atoms with Crippen LogP contribution in [0.5, 0.6) is 0 Å². The third-order valence-corrected chi connectivity index (χ3v) is 5.26. The molecule has 0 fully saturated rings. The zero-order valence-corrected chi connectivity index (χ0v) is 14.9. The van der Waals surface area contributed by atoms with Gasteiger partial charge in [0.15, 0.2) is 0 Å². The maximum absolute atomic E-state index is 12.6. The first kappa shape index (κ1) is 18.2. The molecule has 7 heteroatoms. The van der Waals surface area contributed by atoms with Crippen molar-refractivity contribution in [3.05, 3.63) is 75.9 Å². The van der Waals surface area contributed by atoms with E-state index in [0.717, 1.165) is 6.20 Å². The topological polar surface area (TPSA) is 70.3 Å². The molecular formula is C17H12Cl2N2O2S. The first-order chi connectivity index (χ1) is 11.3. The minimum absolute atomic E-state index is 0.208. The van der Waals surface area contributed by atoms with Gasteiger partial charge in [-0.1, -0.05) is 23.2 Å². The van der Waals surface area contributed by atoms with Crippen molar-refractivity contribution < 1.29 is 9.00 Å². The molecule has 24 heavy (non-hydrogen) atoms. The number of carbonyl (C=O) groups excluding carboxylic acids is 1. The summed E-state index contributed by atoms with van der Waals surface area (Å²) in [5.41, 5.74) is 0.0948. The molecule has 0 unspecified atom stereocenters. The van der Waals surface area contributed by atoms with E-state index in [1.807, 2.05) is 0 Å². The van der Waals surface area contributed by atoms with Gasteiger partial charge in [0, 0.05) is 26.8 Å².